The van der Waals surface area contributed by atoms with Crippen molar-refractivity contribution in [1.29, 1.82) is 0 Å². The Balaban J connectivity index is 3.45. The molecule has 3 nitrogen and oxygen atoms in total. The van der Waals surface area contributed by atoms with Crippen molar-refractivity contribution in [3.05, 3.63) is 12.7 Å². The lowest BCUT2D eigenvalue weighted by Crippen LogP contribution is -2.30. The third-order valence-corrected chi connectivity index (χ3v) is 2.08. The van der Waals surface area contributed by atoms with Crippen LogP contribution in [0.5, 0.6) is 0 Å². The molecule has 0 bridgehead atoms. The third-order valence-electron chi connectivity index (χ3n) is 2.08. The van der Waals surface area contributed by atoms with E-state index in [1.54, 1.807) is 7.11 Å². The number of nitrogens with one attached hydrogen (secondary N) is 1. The first kappa shape index (κ1) is 13.6. The highest BCUT2D eigenvalue weighted by Crippen LogP contribution is 1.91. The van der Waals surface area contributed by atoms with E-state index in [2.05, 4.69) is 23.7 Å². The van der Waals surface area contributed by atoms with Crippen molar-refractivity contribution in [3.63, 3.8) is 0 Å². The van der Waals surface area contributed by atoms with Crippen LogP contribution in [0.15, 0.2) is 12.7 Å². The molecule has 0 amide bonds. The minimum atomic E-state index is 0.801. The quantitative estimate of drug-likeness (QED) is 0.422. The van der Waals surface area contributed by atoms with Gasteiger partial charge in [-0.15, -0.1) is 6.58 Å². The molecule has 14 heavy (non-hydrogen) atoms. The summed E-state index contributed by atoms with van der Waals surface area (Å²) in [5.41, 5.74) is 0. The molecule has 0 unspecified atom stereocenters. The Morgan fingerprint density at radius 2 is 2.21 bits per heavy atom. The van der Waals surface area contributed by atoms with Gasteiger partial charge in [-0.25, -0.2) is 0 Å². The standard InChI is InChI=1S/C11H24N2O/c1-4-8-13(10-11-14-3)9-6-7-12-5-2/h4,12H,1,5-11H2,2-3H3. The predicted molar refractivity (Wildman–Crippen MR) is 61.7 cm³/mol. The maximum atomic E-state index is 5.05. The molecule has 0 saturated heterocycles. The van der Waals surface area contributed by atoms with Crippen LogP contribution in [-0.2, 0) is 4.74 Å². The fraction of sp³-hybridized carbons (Fsp3) is 0.818. The largest absolute Gasteiger partial charge is 0.383 e. The topological polar surface area (TPSA) is 24.5 Å². The Labute approximate surface area is 88.1 Å². The van der Waals surface area contributed by atoms with Gasteiger partial charge in [0.15, 0.2) is 0 Å². The van der Waals surface area contributed by atoms with Gasteiger partial charge in [0.25, 0.3) is 0 Å². The molecule has 0 aromatic heterocycles. The molecule has 1 N–H and O–H groups in total. The van der Waals surface area contributed by atoms with Crippen LogP contribution in [0.3, 0.4) is 0 Å². The van der Waals surface area contributed by atoms with E-state index in [4.69, 9.17) is 4.74 Å². The molecule has 84 valence electrons. The normalized spacial score (nSPS) is 10.8. The molecule has 0 saturated carbocycles. The van der Waals surface area contributed by atoms with Crippen LogP contribution >= 0.6 is 0 Å². The summed E-state index contributed by atoms with van der Waals surface area (Å²) in [6, 6.07) is 0. The second-order valence-electron chi connectivity index (χ2n) is 3.29. The van der Waals surface area contributed by atoms with E-state index in [0.29, 0.717) is 0 Å². The fourth-order valence-corrected chi connectivity index (χ4v) is 1.30. The second-order valence-corrected chi connectivity index (χ2v) is 3.29. The highest BCUT2D eigenvalue weighted by molar-refractivity contribution is 4.73. The number of rotatable bonds is 10. The van der Waals surface area contributed by atoms with Gasteiger partial charge in [-0.2, -0.15) is 0 Å². The zero-order valence-corrected chi connectivity index (χ0v) is 9.59. The van der Waals surface area contributed by atoms with Gasteiger partial charge in [-0.05, 0) is 26.1 Å². The molecular weight excluding hydrogens is 176 g/mol. The van der Waals surface area contributed by atoms with Crippen molar-refractivity contribution in [2.75, 3.05) is 46.4 Å². The van der Waals surface area contributed by atoms with Crippen LogP contribution in [0.4, 0.5) is 0 Å². The first-order valence-corrected chi connectivity index (χ1v) is 5.38. The SMILES string of the molecule is C=CCN(CCCNCC)CCOC. The van der Waals surface area contributed by atoms with Crippen molar-refractivity contribution in [2.45, 2.75) is 13.3 Å². The predicted octanol–water partition coefficient (Wildman–Crippen LogP) is 1.12. The number of hydrogen-bond acceptors (Lipinski definition) is 3. The van der Waals surface area contributed by atoms with Crippen molar-refractivity contribution < 1.29 is 4.74 Å². The van der Waals surface area contributed by atoms with Gasteiger partial charge in [0, 0.05) is 20.2 Å². The second kappa shape index (κ2) is 10.7. The summed E-state index contributed by atoms with van der Waals surface area (Å²) < 4.78 is 5.05. The lowest BCUT2D eigenvalue weighted by molar-refractivity contribution is 0.153. The van der Waals surface area contributed by atoms with Crippen molar-refractivity contribution >= 4 is 0 Å². The van der Waals surface area contributed by atoms with E-state index < -0.39 is 0 Å². The van der Waals surface area contributed by atoms with Gasteiger partial charge in [0.05, 0.1) is 6.61 Å². The summed E-state index contributed by atoms with van der Waals surface area (Å²) in [4.78, 5) is 2.36. The number of nitrogens with zero attached hydrogens (tertiary/aromatic N) is 1. The monoisotopic (exact) mass is 200 g/mol. The summed E-state index contributed by atoms with van der Waals surface area (Å²) in [5.74, 6) is 0. The van der Waals surface area contributed by atoms with Crippen LogP contribution in [0, 0.1) is 0 Å². The first-order chi connectivity index (χ1) is 6.85. The molecule has 0 heterocycles. The van der Waals surface area contributed by atoms with Crippen LogP contribution in [-0.4, -0.2) is 51.3 Å². The minimum absolute atomic E-state index is 0.801. The van der Waals surface area contributed by atoms with E-state index in [-0.39, 0.29) is 0 Å². The maximum Gasteiger partial charge on any atom is 0.0589 e. The van der Waals surface area contributed by atoms with Crippen LogP contribution in [0.25, 0.3) is 0 Å². The van der Waals surface area contributed by atoms with E-state index in [1.807, 2.05) is 6.08 Å². The van der Waals surface area contributed by atoms with E-state index in [9.17, 15) is 0 Å². The van der Waals surface area contributed by atoms with Gasteiger partial charge >= 0.3 is 0 Å². The molecule has 0 radical (unpaired) electrons. The van der Waals surface area contributed by atoms with Crippen molar-refractivity contribution in [1.82, 2.24) is 10.2 Å². The average molecular weight is 200 g/mol. The van der Waals surface area contributed by atoms with Gasteiger partial charge in [-0.3, -0.25) is 4.90 Å². The van der Waals surface area contributed by atoms with Crippen LogP contribution < -0.4 is 5.32 Å². The zero-order chi connectivity index (χ0) is 10.6. The molecule has 0 fully saturated rings. The molecule has 0 aliphatic rings. The van der Waals surface area contributed by atoms with E-state index in [0.717, 1.165) is 39.3 Å². The van der Waals surface area contributed by atoms with Gasteiger partial charge in [0.1, 0.15) is 0 Å². The van der Waals surface area contributed by atoms with Crippen LogP contribution in [0.2, 0.25) is 0 Å². The Morgan fingerprint density at radius 3 is 2.79 bits per heavy atom. The van der Waals surface area contributed by atoms with Crippen molar-refractivity contribution in [3.8, 4) is 0 Å². The first-order valence-electron chi connectivity index (χ1n) is 5.38. The number of ether oxygens (including phenoxy) is 1. The lowest BCUT2D eigenvalue weighted by atomic mass is 10.3. The molecule has 3 heteroatoms. The minimum Gasteiger partial charge on any atom is -0.383 e. The number of methoxy groups -OCH3 is 1. The Hall–Kier alpha value is -0.380. The van der Waals surface area contributed by atoms with Gasteiger partial charge in [-0.1, -0.05) is 13.0 Å². The molecule has 0 atom stereocenters. The molecule has 0 aliphatic carbocycles. The molecule has 0 spiro atoms. The summed E-state index contributed by atoms with van der Waals surface area (Å²) >= 11 is 0. The van der Waals surface area contributed by atoms with Crippen LogP contribution in [0.1, 0.15) is 13.3 Å². The molecular formula is C11H24N2O. The lowest BCUT2D eigenvalue weighted by Gasteiger charge is -2.19. The Bertz CT molecular complexity index is 128. The van der Waals surface area contributed by atoms with Gasteiger partial charge < -0.3 is 10.1 Å². The average Bonchev–Trinajstić information content (AvgIpc) is 2.20. The fourth-order valence-electron chi connectivity index (χ4n) is 1.30. The highest BCUT2D eigenvalue weighted by Gasteiger charge is 2.01. The summed E-state index contributed by atoms with van der Waals surface area (Å²) in [5, 5.41) is 3.32. The van der Waals surface area contributed by atoms with E-state index in [1.165, 1.54) is 6.42 Å². The summed E-state index contributed by atoms with van der Waals surface area (Å²) in [7, 11) is 1.74. The maximum absolute atomic E-state index is 5.05. The summed E-state index contributed by atoms with van der Waals surface area (Å²) in [6.45, 7) is 11.9. The summed E-state index contributed by atoms with van der Waals surface area (Å²) in [6.07, 6.45) is 3.13. The van der Waals surface area contributed by atoms with Crippen molar-refractivity contribution in [2.24, 2.45) is 0 Å². The molecule has 0 rings (SSSR count). The van der Waals surface area contributed by atoms with Gasteiger partial charge in [0.2, 0.25) is 0 Å². The van der Waals surface area contributed by atoms with E-state index >= 15 is 0 Å². The molecule has 0 aliphatic heterocycles. The third kappa shape index (κ3) is 8.23. The Morgan fingerprint density at radius 1 is 1.43 bits per heavy atom. The molecule has 0 aromatic carbocycles. The highest BCUT2D eigenvalue weighted by atomic mass is 16.5. The number of hydrogen-bond donors (Lipinski definition) is 1. The smallest absolute Gasteiger partial charge is 0.0589 e. The molecule has 0 aromatic rings. The zero-order valence-electron chi connectivity index (χ0n) is 9.59. The Kier molecular flexibility index (Phi) is 10.4.